The molecule has 0 saturated carbocycles. The molecule has 6 heteroatoms. The van der Waals surface area contributed by atoms with E-state index in [2.05, 4.69) is 13.8 Å². The highest BCUT2D eigenvalue weighted by molar-refractivity contribution is 6.20. The van der Waals surface area contributed by atoms with Crippen molar-refractivity contribution in [1.29, 1.82) is 0 Å². The minimum Gasteiger partial charge on any atom is -0.442 e. The first-order valence-electron chi connectivity index (χ1n) is 9.68. The van der Waals surface area contributed by atoms with Crippen molar-refractivity contribution >= 4 is 45.9 Å². The molecule has 2 aromatic rings. The Balaban J connectivity index is 2.07. The number of carbonyl (C=O) groups excluding carboxylic acids is 2. The SMILES string of the molecule is CCCCC(Cl)OC(=O)c1ccc2cc(C(=O)OC(Cl)CCCC)ccc2c1. The molecule has 2 unspecified atom stereocenters. The van der Waals surface area contributed by atoms with Crippen LogP contribution in [0.5, 0.6) is 0 Å². The third kappa shape index (κ3) is 6.68. The fraction of sp³-hybridized carbons (Fsp3) is 0.455. The Hall–Kier alpha value is -1.78. The number of rotatable bonds is 10. The van der Waals surface area contributed by atoms with Gasteiger partial charge in [-0.3, -0.25) is 0 Å². The van der Waals surface area contributed by atoms with Crippen molar-refractivity contribution in [3.8, 4) is 0 Å². The van der Waals surface area contributed by atoms with Gasteiger partial charge in [0.1, 0.15) is 0 Å². The molecule has 0 spiro atoms. The second kappa shape index (κ2) is 11.3. The summed E-state index contributed by atoms with van der Waals surface area (Å²) >= 11 is 12.1. The van der Waals surface area contributed by atoms with Crippen LogP contribution in [0, 0.1) is 0 Å². The maximum Gasteiger partial charge on any atom is 0.339 e. The Morgan fingerprint density at radius 2 is 1.18 bits per heavy atom. The summed E-state index contributed by atoms with van der Waals surface area (Å²) in [5.74, 6) is -0.912. The minimum absolute atomic E-state index is 0.422. The quantitative estimate of drug-likeness (QED) is 0.315. The molecule has 0 aliphatic rings. The average molecular weight is 425 g/mol. The van der Waals surface area contributed by atoms with Gasteiger partial charge < -0.3 is 9.47 Å². The molecule has 0 aliphatic carbocycles. The Kier molecular flexibility index (Phi) is 9.07. The molecule has 0 heterocycles. The van der Waals surface area contributed by atoms with Gasteiger partial charge in [-0.05, 0) is 60.7 Å². The highest BCUT2D eigenvalue weighted by Gasteiger charge is 2.16. The fourth-order valence-electron chi connectivity index (χ4n) is 2.72. The Morgan fingerprint density at radius 1 is 0.786 bits per heavy atom. The van der Waals surface area contributed by atoms with Gasteiger partial charge in [-0.1, -0.05) is 62.0 Å². The molecule has 152 valence electrons. The van der Waals surface area contributed by atoms with Gasteiger partial charge in [-0.25, -0.2) is 9.59 Å². The van der Waals surface area contributed by atoms with Crippen molar-refractivity contribution < 1.29 is 19.1 Å². The summed E-state index contributed by atoms with van der Waals surface area (Å²) in [5, 5.41) is 1.64. The monoisotopic (exact) mass is 424 g/mol. The summed E-state index contributed by atoms with van der Waals surface area (Å²) in [5.41, 5.74) is -0.413. The number of ether oxygens (including phenoxy) is 2. The largest absolute Gasteiger partial charge is 0.442 e. The second-order valence-electron chi connectivity index (χ2n) is 6.69. The maximum atomic E-state index is 12.2. The zero-order valence-electron chi connectivity index (χ0n) is 16.3. The van der Waals surface area contributed by atoms with Crippen molar-refractivity contribution in [2.24, 2.45) is 0 Å². The Labute approximate surface area is 176 Å². The summed E-state index contributed by atoms with van der Waals surface area (Å²) in [7, 11) is 0. The van der Waals surface area contributed by atoms with E-state index in [9.17, 15) is 9.59 Å². The smallest absolute Gasteiger partial charge is 0.339 e. The Bertz CT molecular complexity index is 739. The lowest BCUT2D eigenvalue weighted by molar-refractivity contribution is 0.0424. The predicted octanol–water partition coefficient (Wildman–Crippen LogP) is 6.66. The van der Waals surface area contributed by atoms with E-state index in [0.717, 1.165) is 36.5 Å². The maximum absolute atomic E-state index is 12.2. The minimum atomic E-state index is -0.628. The molecule has 2 atom stereocenters. The number of carbonyl (C=O) groups is 2. The molecule has 28 heavy (non-hydrogen) atoms. The normalized spacial score (nSPS) is 13.1. The predicted molar refractivity (Wildman–Crippen MR) is 113 cm³/mol. The molecule has 0 amide bonds. The lowest BCUT2D eigenvalue weighted by Crippen LogP contribution is -2.13. The van der Waals surface area contributed by atoms with Crippen LogP contribution in [0.3, 0.4) is 0 Å². The summed E-state index contributed by atoms with van der Waals surface area (Å²) in [6, 6.07) is 10.3. The molecule has 4 nitrogen and oxygen atoms in total. The first-order valence-corrected chi connectivity index (χ1v) is 10.6. The number of esters is 2. The third-order valence-corrected chi connectivity index (χ3v) is 4.97. The first kappa shape index (κ1) is 22.5. The fourth-order valence-corrected chi connectivity index (χ4v) is 3.19. The van der Waals surface area contributed by atoms with E-state index in [1.54, 1.807) is 36.4 Å². The molecule has 0 aliphatic heterocycles. The van der Waals surface area contributed by atoms with E-state index < -0.39 is 23.1 Å². The van der Waals surface area contributed by atoms with Crippen LogP contribution >= 0.6 is 23.2 Å². The van der Waals surface area contributed by atoms with Crippen LogP contribution in [0.2, 0.25) is 0 Å². The number of halogens is 2. The Morgan fingerprint density at radius 3 is 1.54 bits per heavy atom. The lowest BCUT2D eigenvalue weighted by Gasteiger charge is -2.12. The van der Waals surface area contributed by atoms with E-state index in [-0.39, 0.29) is 0 Å². The van der Waals surface area contributed by atoms with Crippen LogP contribution in [-0.2, 0) is 9.47 Å². The van der Waals surface area contributed by atoms with E-state index in [1.165, 1.54) is 0 Å². The number of hydrogen-bond donors (Lipinski definition) is 0. The van der Waals surface area contributed by atoms with Gasteiger partial charge in [0.15, 0.2) is 11.1 Å². The van der Waals surface area contributed by atoms with Crippen LogP contribution < -0.4 is 0 Å². The molecule has 0 aromatic heterocycles. The second-order valence-corrected chi connectivity index (χ2v) is 7.67. The summed E-state index contributed by atoms with van der Waals surface area (Å²) in [6.07, 6.45) is 5.04. The van der Waals surface area contributed by atoms with Gasteiger partial charge in [-0.2, -0.15) is 0 Å². The number of benzene rings is 2. The standard InChI is InChI=1S/C22H26Cl2O4/c1-3-5-7-19(23)27-21(25)17-11-9-16-14-18(12-10-15(16)13-17)22(26)28-20(24)8-6-4-2/h9-14,19-20H,3-8H2,1-2H3. The van der Waals surface area contributed by atoms with Gasteiger partial charge in [0.25, 0.3) is 0 Å². The summed E-state index contributed by atoms with van der Waals surface area (Å²) in [6.45, 7) is 4.11. The van der Waals surface area contributed by atoms with Gasteiger partial charge in [0.05, 0.1) is 11.1 Å². The average Bonchev–Trinajstić information content (AvgIpc) is 2.69. The van der Waals surface area contributed by atoms with Crippen LogP contribution in [0.25, 0.3) is 10.8 Å². The van der Waals surface area contributed by atoms with Gasteiger partial charge in [0.2, 0.25) is 0 Å². The first-order chi connectivity index (χ1) is 13.4. The van der Waals surface area contributed by atoms with Gasteiger partial charge in [-0.15, -0.1) is 0 Å². The van der Waals surface area contributed by atoms with Crippen LogP contribution in [-0.4, -0.2) is 23.1 Å². The van der Waals surface area contributed by atoms with Crippen molar-refractivity contribution in [2.75, 3.05) is 0 Å². The molecular weight excluding hydrogens is 399 g/mol. The van der Waals surface area contributed by atoms with E-state index in [4.69, 9.17) is 32.7 Å². The molecule has 0 radical (unpaired) electrons. The lowest BCUT2D eigenvalue weighted by atomic mass is 10.0. The number of hydrogen-bond acceptors (Lipinski definition) is 4. The third-order valence-electron chi connectivity index (χ3n) is 4.35. The van der Waals surface area contributed by atoms with E-state index in [0.29, 0.717) is 24.0 Å². The van der Waals surface area contributed by atoms with Crippen molar-refractivity contribution in [2.45, 2.75) is 63.5 Å². The number of alkyl halides is 2. The van der Waals surface area contributed by atoms with Gasteiger partial charge >= 0.3 is 11.9 Å². The summed E-state index contributed by atoms with van der Waals surface area (Å²) in [4.78, 5) is 24.5. The molecule has 2 aromatic carbocycles. The molecule has 0 bridgehead atoms. The van der Waals surface area contributed by atoms with Gasteiger partial charge in [0, 0.05) is 0 Å². The zero-order chi connectivity index (χ0) is 20.5. The molecule has 0 saturated heterocycles. The molecular formula is C22H26Cl2O4. The number of unbranched alkanes of at least 4 members (excludes halogenated alkanes) is 2. The van der Waals surface area contributed by atoms with Crippen LogP contribution in [0.4, 0.5) is 0 Å². The highest BCUT2D eigenvalue weighted by Crippen LogP contribution is 2.21. The summed E-state index contributed by atoms with van der Waals surface area (Å²) < 4.78 is 10.5. The van der Waals surface area contributed by atoms with Crippen molar-refractivity contribution in [3.63, 3.8) is 0 Å². The van der Waals surface area contributed by atoms with E-state index >= 15 is 0 Å². The van der Waals surface area contributed by atoms with Crippen LogP contribution in [0.15, 0.2) is 36.4 Å². The molecule has 2 rings (SSSR count). The van der Waals surface area contributed by atoms with Crippen molar-refractivity contribution in [1.82, 2.24) is 0 Å². The molecule has 0 fully saturated rings. The zero-order valence-corrected chi connectivity index (χ0v) is 17.8. The molecule has 0 N–H and O–H groups in total. The highest BCUT2D eigenvalue weighted by atomic mass is 35.5. The van der Waals surface area contributed by atoms with Crippen LogP contribution in [0.1, 0.15) is 73.1 Å². The topological polar surface area (TPSA) is 52.6 Å². The number of fused-ring (bicyclic) bond motifs is 1. The van der Waals surface area contributed by atoms with E-state index in [1.807, 2.05) is 0 Å². The van der Waals surface area contributed by atoms with Crippen molar-refractivity contribution in [3.05, 3.63) is 47.5 Å².